The van der Waals surface area contributed by atoms with E-state index in [0.29, 0.717) is 32.0 Å². The maximum Gasteiger partial charge on any atom is 0.193 e. The van der Waals surface area contributed by atoms with Gasteiger partial charge in [-0.1, -0.05) is 18.2 Å². The first kappa shape index (κ1) is 25.2. The first-order valence-electron chi connectivity index (χ1n) is 9.82. The Kier molecular flexibility index (Phi) is 11.0. The molecule has 0 saturated carbocycles. The quantitative estimate of drug-likeness (QED) is 0.184. The molecular formula is C23H28O9. The van der Waals surface area contributed by atoms with Crippen LogP contribution in [0, 0.1) is 0 Å². The molecule has 0 aliphatic heterocycles. The fourth-order valence-corrected chi connectivity index (χ4v) is 2.48. The lowest BCUT2D eigenvalue weighted by Crippen LogP contribution is -2.11. The monoisotopic (exact) mass is 448 g/mol. The molecule has 0 fully saturated rings. The number of methoxy groups -OCH3 is 2. The third-order valence-electron chi connectivity index (χ3n) is 4.09. The van der Waals surface area contributed by atoms with Crippen LogP contribution in [-0.2, 0) is 18.9 Å². The Morgan fingerprint density at radius 1 is 0.875 bits per heavy atom. The van der Waals surface area contributed by atoms with Gasteiger partial charge in [-0.3, -0.25) is 4.79 Å². The lowest BCUT2D eigenvalue weighted by molar-refractivity contribution is -0.0119. The summed E-state index contributed by atoms with van der Waals surface area (Å²) in [5.74, 6) is -0.324. The lowest BCUT2D eigenvalue weighted by atomic mass is 10.1. The summed E-state index contributed by atoms with van der Waals surface area (Å²) in [6.45, 7) is 1.23. The van der Waals surface area contributed by atoms with Crippen LogP contribution in [0.4, 0.5) is 0 Å². The number of hydrogen-bond acceptors (Lipinski definition) is 9. The van der Waals surface area contributed by atoms with Crippen molar-refractivity contribution in [2.24, 2.45) is 0 Å². The van der Waals surface area contributed by atoms with Gasteiger partial charge >= 0.3 is 0 Å². The molecule has 0 heterocycles. The Morgan fingerprint density at radius 2 is 1.50 bits per heavy atom. The van der Waals surface area contributed by atoms with Crippen molar-refractivity contribution >= 4 is 11.9 Å². The van der Waals surface area contributed by atoms with Crippen LogP contribution in [0.3, 0.4) is 0 Å². The van der Waals surface area contributed by atoms with Crippen molar-refractivity contribution in [1.29, 1.82) is 0 Å². The second-order valence-corrected chi connectivity index (χ2v) is 6.43. The normalized spacial score (nSPS) is 11.1. The summed E-state index contributed by atoms with van der Waals surface area (Å²) >= 11 is 0. The van der Waals surface area contributed by atoms with E-state index in [0.717, 1.165) is 0 Å². The largest absolute Gasteiger partial charge is 0.508 e. The van der Waals surface area contributed by atoms with Crippen LogP contribution in [0.2, 0.25) is 0 Å². The van der Waals surface area contributed by atoms with Crippen molar-refractivity contribution in [2.75, 3.05) is 54.2 Å². The van der Waals surface area contributed by atoms with Gasteiger partial charge in [-0.25, -0.2) is 0 Å². The van der Waals surface area contributed by atoms with Gasteiger partial charge in [0.05, 0.1) is 26.4 Å². The molecular weight excluding hydrogens is 420 g/mol. The molecule has 9 nitrogen and oxygen atoms in total. The second kappa shape index (κ2) is 14.0. The number of allylic oxidation sites excluding steroid dienone is 1. The van der Waals surface area contributed by atoms with Gasteiger partial charge in [-0.15, -0.1) is 0 Å². The summed E-state index contributed by atoms with van der Waals surface area (Å²) in [5, 5.41) is 19.9. The van der Waals surface area contributed by atoms with Gasteiger partial charge in [0, 0.05) is 26.4 Å². The van der Waals surface area contributed by atoms with Crippen molar-refractivity contribution in [3.63, 3.8) is 0 Å². The smallest absolute Gasteiger partial charge is 0.193 e. The number of rotatable bonds is 15. The summed E-state index contributed by atoms with van der Waals surface area (Å²) in [4.78, 5) is 12.8. The number of carbonyl (C=O) groups excluding carboxylic acids is 1. The minimum Gasteiger partial charge on any atom is -0.508 e. The predicted molar refractivity (Wildman–Crippen MR) is 116 cm³/mol. The van der Waals surface area contributed by atoms with Gasteiger partial charge in [0.25, 0.3) is 0 Å². The van der Waals surface area contributed by atoms with Gasteiger partial charge in [-0.2, -0.15) is 0 Å². The van der Waals surface area contributed by atoms with E-state index in [4.69, 9.17) is 28.4 Å². The SMILES string of the molecule is COCCOCOc1cc(O)c(C(=O)/C=C/c2ccc(O)cc2)c(OCOCCOC)c1. The Hall–Kier alpha value is -3.11. The molecule has 0 aliphatic carbocycles. The highest BCUT2D eigenvalue weighted by Gasteiger charge is 2.18. The molecule has 174 valence electrons. The van der Waals surface area contributed by atoms with Gasteiger partial charge in [0.1, 0.15) is 28.6 Å². The highest BCUT2D eigenvalue weighted by Crippen LogP contribution is 2.34. The molecule has 32 heavy (non-hydrogen) atoms. The first-order valence-corrected chi connectivity index (χ1v) is 9.82. The van der Waals surface area contributed by atoms with E-state index in [-0.39, 0.29) is 42.1 Å². The number of aromatic hydroxyl groups is 2. The number of ketones is 1. The van der Waals surface area contributed by atoms with Crippen LogP contribution >= 0.6 is 0 Å². The predicted octanol–water partition coefficient (Wildman–Crippen LogP) is 2.99. The van der Waals surface area contributed by atoms with E-state index in [9.17, 15) is 15.0 Å². The number of phenols is 2. The lowest BCUT2D eigenvalue weighted by Gasteiger charge is -2.14. The van der Waals surface area contributed by atoms with Gasteiger partial charge in [0.15, 0.2) is 19.4 Å². The van der Waals surface area contributed by atoms with Crippen LogP contribution < -0.4 is 9.47 Å². The van der Waals surface area contributed by atoms with E-state index in [1.165, 1.54) is 30.3 Å². The van der Waals surface area contributed by atoms with E-state index >= 15 is 0 Å². The molecule has 0 aromatic heterocycles. The molecule has 2 aromatic carbocycles. The van der Waals surface area contributed by atoms with E-state index in [2.05, 4.69) is 0 Å². The maximum absolute atomic E-state index is 12.8. The molecule has 0 saturated heterocycles. The maximum atomic E-state index is 12.8. The molecule has 2 N–H and O–H groups in total. The van der Waals surface area contributed by atoms with Crippen molar-refractivity contribution < 1.29 is 43.4 Å². The molecule has 2 aromatic rings. The molecule has 0 unspecified atom stereocenters. The average Bonchev–Trinajstić information content (AvgIpc) is 2.78. The molecule has 0 radical (unpaired) electrons. The van der Waals surface area contributed by atoms with Crippen LogP contribution in [0.15, 0.2) is 42.5 Å². The topological polar surface area (TPSA) is 113 Å². The van der Waals surface area contributed by atoms with Crippen molar-refractivity contribution in [2.45, 2.75) is 0 Å². The van der Waals surface area contributed by atoms with Gasteiger partial charge in [-0.05, 0) is 23.8 Å². The van der Waals surface area contributed by atoms with Crippen molar-refractivity contribution in [1.82, 2.24) is 0 Å². The zero-order valence-electron chi connectivity index (χ0n) is 18.1. The number of benzene rings is 2. The first-order chi connectivity index (χ1) is 15.5. The van der Waals surface area contributed by atoms with Crippen molar-refractivity contribution in [3.05, 3.63) is 53.6 Å². The Morgan fingerprint density at radius 3 is 2.12 bits per heavy atom. The van der Waals surface area contributed by atoms with E-state index in [1.54, 1.807) is 32.4 Å². The minimum atomic E-state index is -0.481. The number of phenolic OH excluding ortho intramolecular Hbond substituents is 2. The zero-order valence-corrected chi connectivity index (χ0v) is 18.1. The summed E-state index contributed by atoms with van der Waals surface area (Å²) in [6.07, 6.45) is 2.86. The third-order valence-corrected chi connectivity index (χ3v) is 4.09. The van der Waals surface area contributed by atoms with Crippen LogP contribution in [-0.4, -0.2) is 70.2 Å². The fourth-order valence-electron chi connectivity index (χ4n) is 2.48. The minimum absolute atomic E-state index is 0.0389. The highest BCUT2D eigenvalue weighted by molar-refractivity contribution is 6.10. The van der Waals surface area contributed by atoms with Crippen LogP contribution in [0.1, 0.15) is 15.9 Å². The average molecular weight is 448 g/mol. The second-order valence-electron chi connectivity index (χ2n) is 6.43. The highest BCUT2D eigenvalue weighted by atomic mass is 16.7. The molecule has 0 amide bonds. The summed E-state index contributed by atoms with van der Waals surface area (Å²) in [6, 6.07) is 9.10. The number of hydrogen-bond donors (Lipinski definition) is 2. The Labute approximate surface area is 186 Å². The molecule has 2 rings (SSSR count). The zero-order chi connectivity index (χ0) is 23.2. The summed E-state index contributed by atoms with van der Waals surface area (Å²) in [5.41, 5.74) is 0.664. The summed E-state index contributed by atoms with van der Waals surface area (Å²) in [7, 11) is 3.11. The van der Waals surface area contributed by atoms with Crippen LogP contribution in [0.25, 0.3) is 6.08 Å². The number of ether oxygens (including phenoxy) is 6. The molecule has 9 heteroatoms. The molecule has 0 aliphatic rings. The van der Waals surface area contributed by atoms with Crippen molar-refractivity contribution in [3.8, 4) is 23.0 Å². The summed E-state index contributed by atoms with van der Waals surface area (Å²) < 4.78 is 31.4. The Bertz CT molecular complexity index is 863. The molecule has 0 bridgehead atoms. The number of carbonyl (C=O) groups is 1. The third kappa shape index (κ3) is 8.56. The fraction of sp³-hybridized carbons (Fsp3) is 0.348. The van der Waals surface area contributed by atoms with Gasteiger partial charge < -0.3 is 38.6 Å². The van der Waals surface area contributed by atoms with E-state index in [1.807, 2.05) is 0 Å². The Balaban J connectivity index is 2.15. The standard InChI is InChI=1S/C23H28O9/c1-27-9-11-29-15-31-19-13-21(26)23(22(14-19)32-16-30-12-10-28-2)20(25)8-5-17-3-6-18(24)7-4-17/h3-8,13-14,24,26H,9-12,15-16H2,1-2H3/b8-5+. The molecule has 0 atom stereocenters. The van der Waals surface area contributed by atoms with E-state index < -0.39 is 5.78 Å². The molecule has 0 spiro atoms. The van der Waals surface area contributed by atoms with Crippen LogP contribution in [0.5, 0.6) is 23.0 Å². The van der Waals surface area contributed by atoms with Gasteiger partial charge in [0.2, 0.25) is 0 Å².